The molecule has 0 aromatic heterocycles. The third-order valence-corrected chi connectivity index (χ3v) is 0.833. The Morgan fingerprint density at radius 3 is 2.45 bits per heavy atom. The number of carbonyl (C=O) groups is 1. The van der Waals surface area contributed by atoms with Gasteiger partial charge in [-0.3, -0.25) is 0 Å². The number of nitrogens with two attached hydrogens (primary N) is 2. The molecule has 0 radical (unpaired) electrons. The average Bonchev–Trinajstić information content (AvgIpc) is 2.03. The molecular weight excluding hydrogens is 337 g/mol. The predicted molar refractivity (Wildman–Crippen MR) is 27.9 cm³/mol. The molecule has 0 saturated heterocycles. The van der Waals surface area contributed by atoms with Gasteiger partial charge in [0.05, 0.1) is 0 Å². The number of nitrogens with one attached hydrogen (secondary N) is 1. The standard InChI is InChI=1S/C3H6N3O4.Pt/c4-8-2(7)1-3(9-5)10-6;/h1,5H,4,6H2;/q-1;+1. The summed E-state index contributed by atoms with van der Waals surface area (Å²) in [5, 5.41) is 0. The van der Waals surface area contributed by atoms with E-state index in [0.29, 0.717) is 0 Å². The molecule has 0 aromatic carbocycles. The molecule has 0 amide bonds. The number of rotatable bonds is 4. The van der Waals surface area contributed by atoms with Crippen molar-refractivity contribution in [3.63, 3.8) is 0 Å². The van der Waals surface area contributed by atoms with Crippen LogP contribution in [0.3, 0.4) is 0 Å². The predicted octanol–water partition coefficient (Wildman–Crippen LogP) is -1.88. The van der Waals surface area contributed by atoms with Gasteiger partial charge in [-0.2, -0.15) is 0 Å². The molecule has 0 fully saturated rings. The van der Waals surface area contributed by atoms with E-state index in [1.54, 1.807) is 20.1 Å². The summed E-state index contributed by atoms with van der Waals surface area (Å²) in [4.78, 5) is 22.7. The fourth-order valence-corrected chi connectivity index (χ4v) is 0.478. The third kappa shape index (κ3) is 4.74. The first-order chi connectivity index (χ1) is 5.24. The van der Waals surface area contributed by atoms with Gasteiger partial charge in [-0.25, -0.2) is 0 Å². The molecule has 0 unspecified atom stereocenters. The molecule has 0 saturated carbocycles. The minimum atomic E-state index is -0.836. The van der Waals surface area contributed by atoms with E-state index in [0.717, 1.165) is 6.08 Å². The number of hydrogen-bond acceptors (Lipinski definition) is 7. The van der Waals surface area contributed by atoms with Crippen molar-refractivity contribution in [1.29, 1.82) is 0 Å². The van der Waals surface area contributed by atoms with Gasteiger partial charge in [0.15, 0.2) is 0 Å². The maximum absolute atomic E-state index is 10.4. The van der Waals surface area contributed by atoms with Crippen molar-refractivity contribution in [3.05, 3.63) is 12.0 Å². The molecule has 0 aliphatic rings. The summed E-state index contributed by atoms with van der Waals surface area (Å²) in [5.41, 5.74) is 0. The first kappa shape index (κ1) is 10.4. The second kappa shape index (κ2) is 6.11. The zero-order chi connectivity index (χ0) is 8.69. The second-order valence-electron chi connectivity index (χ2n) is 1.18. The monoisotopic (exact) mass is 343 g/mol. The fourth-order valence-electron chi connectivity index (χ4n) is 0.250. The van der Waals surface area contributed by atoms with E-state index in [-0.39, 0.29) is 5.95 Å². The van der Waals surface area contributed by atoms with Crippen LogP contribution >= 0.6 is 0 Å². The molecule has 0 aliphatic heterocycles. The normalized spacial score (nSPS) is 10.7. The van der Waals surface area contributed by atoms with E-state index in [4.69, 9.17) is 0 Å². The zero-order valence-electron chi connectivity index (χ0n) is 5.18. The summed E-state index contributed by atoms with van der Waals surface area (Å²) >= 11 is 1.64. The van der Waals surface area contributed by atoms with Gasteiger partial charge >= 0.3 is 73.2 Å². The van der Waals surface area contributed by atoms with Crippen LogP contribution in [0.2, 0.25) is 0 Å². The molecule has 67 valence electrons. The van der Waals surface area contributed by atoms with E-state index >= 15 is 0 Å². The van der Waals surface area contributed by atoms with Gasteiger partial charge in [0.25, 0.3) is 0 Å². The van der Waals surface area contributed by atoms with Gasteiger partial charge in [-0.05, 0) is 0 Å². The SMILES string of the molecule is NOC(=O)C=C(ON)O[NH][Pt]. The molecule has 7 nitrogen and oxygen atoms in total. The van der Waals surface area contributed by atoms with Gasteiger partial charge < -0.3 is 0 Å². The zero-order valence-corrected chi connectivity index (χ0v) is 7.45. The van der Waals surface area contributed by atoms with Crippen molar-refractivity contribution in [2.75, 3.05) is 0 Å². The van der Waals surface area contributed by atoms with Gasteiger partial charge in [-0.15, -0.1) is 0 Å². The van der Waals surface area contributed by atoms with Crippen molar-refractivity contribution in [2.45, 2.75) is 0 Å². The Morgan fingerprint density at radius 1 is 1.45 bits per heavy atom. The van der Waals surface area contributed by atoms with Gasteiger partial charge in [0.2, 0.25) is 0 Å². The first-order valence-electron chi connectivity index (χ1n) is 2.23. The molecule has 0 heterocycles. The molecule has 11 heavy (non-hydrogen) atoms. The Labute approximate surface area is 73.7 Å². The summed E-state index contributed by atoms with van der Waals surface area (Å²) < 4.78 is 2.20. The summed E-state index contributed by atoms with van der Waals surface area (Å²) in [6, 6.07) is 0. The van der Waals surface area contributed by atoms with Crippen molar-refractivity contribution in [1.82, 2.24) is 4.04 Å². The molecule has 0 rings (SSSR count). The summed E-state index contributed by atoms with van der Waals surface area (Å²) in [7, 11) is 0. The molecule has 0 bridgehead atoms. The average molecular weight is 343 g/mol. The summed E-state index contributed by atoms with van der Waals surface area (Å²) in [5.74, 6) is 8.09. The van der Waals surface area contributed by atoms with Gasteiger partial charge in [-0.1, -0.05) is 0 Å². The molecule has 0 spiro atoms. The van der Waals surface area contributed by atoms with Crippen LogP contribution in [0.25, 0.3) is 0 Å². The van der Waals surface area contributed by atoms with Crippen LogP contribution < -0.4 is 15.8 Å². The van der Waals surface area contributed by atoms with Crippen LogP contribution in [-0.2, 0) is 39.4 Å². The van der Waals surface area contributed by atoms with E-state index in [9.17, 15) is 4.79 Å². The summed E-state index contributed by atoms with van der Waals surface area (Å²) in [6.07, 6.45) is 0.825. The van der Waals surface area contributed by atoms with Crippen LogP contribution in [0.1, 0.15) is 0 Å². The summed E-state index contributed by atoms with van der Waals surface area (Å²) in [6.45, 7) is 0. The molecule has 5 N–H and O–H groups in total. The molecule has 0 aromatic rings. The molecule has 0 atom stereocenters. The van der Waals surface area contributed by atoms with Crippen LogP contribution in [0, 0.1) is 0 Å². The van der Waals surface area contributed by atoms with E-state index in [1.165, 1.54) is 0 Å². The van der Waals surface area contributed by atoms with Crippen molar-refractivity contribution >= 4 is 5.97 Å². The molecule has 8 heteroatoms. The van der Waals surface area contributed by atoms with Crippen LogP contribution in [-0.4, -0.2) is 5.97 Å². The Hall–Kier alpha value is -0.622. The first-order valence-corrected chi connectivity index (χ1v) is 3.36. The van der Waals surface area contributed by atoms with Gasteiger partial charge in [0.1, 0.15) is 0 Å². The minimum absolute atomic E-state index is 0.254. The quantitative estimate of drug-likeness (QED) is 0.311. The topological polar surface area (TPSA) is 109 Å². The van der Waals surface area contributed by atoms with Crippen LogP contribution in [0.15, 0.2) is 12.0 Å². The molecule has 0 aliphatic carbocycles. The Morgan fingerprint density at radius 2 is 2.09 bits per heavy atom. The van der Waals surface area contributed by atoms with Crippen molar-refractivity contribution in [2.24, 2.45) is 11.8 Å². The van der Waals surface area contributed by atoms with Crippen LogP contribution in [0.5, 0.6) is 0 Å². The number of carbonyl (C=O) groups excluding carboxylic acids is 1. The Kier molecular flexibility index (Phi) is 5.77. The van der Waals surface area contributed by atoms with E-state index in [1.807, 2.05) is 0 Å². The van der Waals surface area contributed by atoms with Crippen molar-refractivity contribution in [3.8, 4) is 0 Å². The van der Waals surface area contributed by atoms with Crippen molar-refractivity contribution < 1.29 is 39.4 Å². The van der Waals surface area contributed by atoms with E-state index < -0.39 is 5.97 Å². The van der Waals surface area contributed by atoms with Gasteiger partial charge in [0, 0.05) is 0 Å². The Balaban J connectivity index is 3.99. The fraction of sp³-hybridized carbons (Fsp3) is 0. The number of hydrogen-bond donors (Lipinski definition) is 3. The second-order valence-corrected chi connectivity index (χ2v) is 1.65. The van der Waals surface area contributed by atoms with Crippen LogP contribution in [0.4, 0.5) is 0 Å². The third-order valence-electron chi connectivity index (χ3n) is 0.601. The maximum atomic E-state index is 10.4. The van der Waals surface area contributed by atoms with E-state index in [2.05, 4.69) is 30.3 Å². The molecular formula is C3H6N3O4Pt. The Bertz CT molecular complexity index is 161.